The molecule has 1 amide bonds. The summed E-state index contributed by atoms with van der Waals surface area (Å²) >= 11 is 0. The predicted octanol–water partition coefficient (Wildman–Crippen LogP) is 14.8. The molecule has 0 saturated carbocycles. The fourth-order valence-corrected chi connectivity index (χ4v) is 7.99. The maximum atomic E-state index is 12.4. The summed E-state index contributed by atoms with van der Waals surface area (Å²) in [4.78, 5) is 24.4. The van der Waals surface area contributed by atoms with Crippen LogP contribution in [-0.2, 0) is 14.3 Å². The van der Waals surface area contributed by atoms with E-state index in [1.165, 1.54) is 193 Å². The van der Waals surface area contributed by atoms with Crippen LogP contribution >= 0.6 is 0 Å². The first-order valence-corrected chi connectivity index (χ1v) is 25.3. The van der Waals surface area contributed by atoms with Crippen molar-refractivity contribution in [2.24, 2.45) is 0 Å². The van der Waals surface area contributed by atoms with Gasteiger partial charge in [-0.2, -0.15) is 0 Å². The quantitative estimate of drug-likeness (QED) is 0.0421. The van der Waals surface area contributed by atoms with Crippen LogP contribution in [0, 0.1) is 0 Å². The van der Waals surface area contributed by atoms with Crippen LogP contribution in [-0.4, -0.2) is 47.4 Å². The summed E-state index contributed by atoms with van der Waals surface area (Å²) in [5, 5.41) is 23.1. The van der Waals surface area contributed by atoms with Crippen molar-refractivity contribution in [2.75, 3.05) is 13.2 Å². The van der Waals surface area contributed by atoms with E-state index in [-0.39, 0.29) is 18.5 Å². The smallest absolute Gasteiger partial charge is 0.305 e. The van der Waals surface area contributed by atoms with Gasteiger partial charge in [-0.05, 0) is 25.7 Å². The van der Waals surface area contributed by atoms with Crippen molar-refractivity contribution in [3.05, 3.63) is 0 Å². The number of aliphatic hydroxyl groups excluding tert-OH is 2. The lowest BCUT2D eigenvalue weighted by Crippen LogP contribution is -2.45. The summed E-state index contributed by atoms with van der Waals surface area (Å²) < 4.78 is 5.47. The predicted molar refractivity (Wildman–Crippen MR) is 241 cm³/mol. The zero-order valence-electron chi connectivity index (χ0n) is 37.9. The Morgan fingerprint density at radius 3 is 1.09 bits per heavy atom. The third-order valence-electron chi connectivity index (χ3n) is 11.9. The Labute approximate surface area is 349 Å². The third kappa shape index (κ3) is 42.5. The average Bonchev–Trinajstić information content (AvgIpc) is 3.20. The summed E-state index contributed by atoms with van der Waals surface area (Å²) in [7, 11) is 0. The summed E-state index contributed by atoms with van der Waals surface area (Å²) in [6.07, 6.45) is 50.7. The minimum absolute atomic E-state index is 0.00516. The number of hydrogen-bond donors (Lipinski definition) is 3. The van der Waals surface area contributed by atoms with Gasteiger partial charge in [0.25, 0.3) is 0 Å². The average molecular weight is 794 g/mol. The number of aliphatic hydroxyl groups is 2. The molecule has 0 aromatic rings. The molecule has 0 aromatic heterocycles. The number of amides is 1. The fraction of sp³-hybridized carbons (Fsp3) is 0.960. The van der Waals surface area contributed by atoms with Crippen LogP contribution in [0.3, 0.4) is 0 Å². The van der Waals surface area contributed by atoms with Gasteiger partial charge in [0.05, 0.1) is 25.4 Å². The van der Waals surface area contributed by atoms with E-state index < -0.39 is 12.1 Å². The second kappa shape index (κ2) is 46.5. The van der Waals surface area contributed by atoms with Gasteiger partial charge in [-0.15, -0.1) is 0 Å². The van der Waals surface area contributed by atoms with E-state index in [4.69, 9.17) is 4.74 Å². The van der Waals surface area contributed by atoms with E-state index >= 15 is 0 Å². The SMILES string of the molecule is CCCCCCCCCCCCCCCCCCCC(=O)OCCCCCCCCCCCCCCC(=O)NC(CO)C(O)CCCCCCCCCCCC. The van der Waals surface area contributed by atoms with E-state index in [1.807, 2.05) is 0 Å². The van der Waals surface area contributed by atoms with Gasteiger partial charge in [0.15, 0.2) is 0 Å². The van der Waals surface area contributed by atoms with E-state index in [1.54, 1.807) is 0 Å². The van der Waals surface area contributed by atoms with E-state index in [0.29, 0.717) is 25.9 Å². The number of unbranched alkanes of at least 4 members (excludes halogenated alkanes) is 36. The van der Waals surface area contributed by atoms with Crippen molar-refractivity contribution >= 4 is 11.9 Å². The molecule has 6 heteroatoms. The maximum Gasteiger partial charge on any atom is 0.305 e. The van der Waals surface area contributed by atoms with Gasteiger partial charge in [0.1, 0.15) is 0 Å². The first-order valence-electron chi connectivity index (χ1n) is 25.3. The Hall–Kier alpha value is -1.14. The van der Waals surface area contributed by atoms with Crippen LogP contribution in [0.1, 0.15) is 284 Å². The molecular formula is C50H99NO5. The molecule has 0 fully saturated rings. The first-order chi connectivity index (χ1) is 27.5. The molecule has 0 aromatic carbocycles. The Kier molecular flexibility index (Phi) is 45.6. The van der Waals surface area contributed by atoms with E-state index in [9.17, 15) is 19.8 Å². The highest BCUT2D eigenvalue weighted by molar-refractivity contribution is 5.76. The normalized spacial score (nSPS) is 12.6. The van der Waals surface area contributed by atoms with Crippen molar-refractivity contribution in [1.29, 1.82) is 0 Å². The molecule has 0 aliphatic carbocycles. The minimum atomic E-state index is -0.671. The number of hydrogen-bond acceptors (Lipinski definition) is 5. The zero-order valence-corrected chi connectivity index (χ0v) is 37.9. The van der Waals surface area contributed by atoms with Gasteiger partial charge in [-0.1, -0.05) is 245 Å². The molecule has 6 nitrogen and oxygen atoms in total. The molecule has 0 bridgehead atoms. The first kappa shape index (κ1) is 54.9. The Balaban J connectivity index is 3.40. The standard InChI is InChI=1S/C50H99NO5/c1-3-5-7-9-11-13-15-16-17-18-19-20-24-28-32-36-40-44-50(55)56-45-41-37-33-29-25-22-21-23-27-31-35-39-43-49(54)51-47(46-52)48(53)42-38-34-30-26-14-12-10-8-6-4-2/h47-48,52-53H,3-46H2,1-2H3,(H,51,54). The van der Waals surface area contributed by atoms with Crippen molar-refractivity contribution in [3.63, 3.8) is 0 Å². The topological polar surface area (TPSA) is 95.9 Å². The monoisotopic (exact) mass is 794 g/mol. The lowest BCUT2D eigenvalue weighted by molar-refractivity contribution is -0.143. The molecule has 334 valence electrons. The van der Waals surface area contributed by atoms with Crippen LogP contribution < -0.4 is 5.32 Å². The molecule has 3 N–H and O–H groups in total. The van der Waals surface area contributed by atoms with Gasteiger partial charge in [-0.25, -0.2) is 0 Å². The molecule has 0 heterocycles. The molecule has 0 radical (unpaired) electrons. The van der Waals surface area contributed by atoms with Crippen LogP contribution in [0.25, 0.3) is 0 Å². The van der Waals surface area contributed by atoms with E-state index in [0.717, 1.165) is 57.8 Å². The molecule has 0 saturated heterocycles. The number of esters is 1. The van der Waals surface area contributed by atoms with Gasteiger partial charge in [0.2, 0.25) is 5.91 Å². The fourth-order valence-electron chi connectivity index (χ4n) is 7.99. The highest BCUT2D eigenvalue weighted by atomic mass is 16.5. The lowest BCUT2D eigenvalue weighted by Gasteiger charge is -2.22. The molecule has 2 atom stereocenters. The summed E-state index contributed by atoms with van der Waals surface area (Å²) in [5.74, 6) is -0.0560. The minimum Gasteiger partial charge on any atom is -0.466 e. The summed E-state index contributed by atoms with van der Waals surface area (Å²) in [6.45, 7) is 4.92. The second-order valence-corrected chi connectivity index (χ2v) is 17.5. The highest BCUT2D eigenvalue weighted by Crippen LogP contribution is 2.17. The molecule has 0 aliphatic heterocycles. The largest absolute Gasteiger partial charge is 0.466 e. The van der Waals surface area contributed by atoms with Crippen LogP contribution in [0.4, 0.5) is 0 Å². The van der Waals surface area contributed by atoms with Gasteiger partial charge >= 0.3 is 5.97 Å². The van der Waals surface area contributed by atoms with E-state index in [2.05, 4.69) is 19.2 Å². The molecule has 2 unspecified atom stereocenters. The van der Waals surface area contributed by atoms with Gasteiger partial charge in [0, 0.05) is 12.8 Å². The second-order valence-electron chi connectivity index (χ2n) is 17.5. The molecule has 0 aliphatic rings. The number of rotatable bonds is 47. The highest BCUT2D eigenvalue weighted by Gasteiger charge is 2.20. The zero-order chi connectivity index (χ0) is 40.8. The Morgan fingerprint density at radius 1 is 0.429 bits per heavy atom. The molecule has 0 spiro atoms. The van der Waals surface area contributed by atoms with Crippen molar-refractivity contribution in [1.82, 2.24) is 5.32 Å². The third-order valence-corrected chi connectivity index (χ3v) is 11.9. The molecule has 0 rings (SSSR count). The van der Waals surface area contributed by atoms with Crippen LogP contribution in [0.5, 0.6) is 0 Å². The molecule has 56 heavy (non-hydrogen) atoms. The summed E-state index contributed by atoms with van der Waals surface area (Å²) in [6, 6.07) is -0.549. The number of nitrogens with one attached hydrogen (secondary N) is 1. The summed E-state index contributed by atoms with van der Waals surface area (Å²) in [5.41, 5.74) is 0. The number of carbonyl (C=O) groups excluding carboxylic acids is 2. The maximum absolute atomic E-state index is 12.4. The Morgan fingerprint density at radius 2 is 0.732 bits per heavy atom. The van der Waals surface area contributed by atoms with Crippen molar-refractivity contribution in [3.8, 4) is 0 Å². The van der Waals surface area contributed by atoms with Crippen LogP contribution in [0.15, 0.2) is 0 Å². The van der Waals surface area contributed by atoms with Crippen molar-refractivity contribution < 1.29 is 24.5 Å². The van der Waals surface area contributed by atoms with Crippen LogP contribution in [0.2, 0.25) is 0 Å². The number of ether oxygens (including phenoxy) is 1. The van der Waals surface area contributed by atoms with Gasteiger partial charge < -0.3 is 20.3 Å². The lowest BCUT2D eigenvalue weighted by atomic mass is 10.0. The number of carbonyl (C=O) groups is 2. The van der Waals surface area contributed by atoms with Crippen molar-refractivity contribution in [2.45, 2.75) is 296 Å². The Bertz CT molecular complexity index is 791. The molecular weight excluding hydrogens is 695 g/mol. The van der Waals surface area contributed by atoms with Gasteiger partial charge in [-0.3, -0.25) is 9.59 Å².